The molecule has 0 N–H and O–H groups in total. The Hall–Kier alpha value is -7.35. The third-order valence-electron chi connectivity index (χ3n) is 17.0. The van der Waals surface area contributed by atoms with Gasteiger partial charge in [0.25, 0.3) is 5.91 Å². The third kappa shape index (κ3) is 15.2. The van der Waals surface area contributed by atoms with E-state index in [0.29, 0.717) is 142 Å². The molecule has 3 aliphatic rings. The highest BCUT2D eigenvalue weighted by atomic mass is 35.5. The van der Waals surface area contributed by atoms with Crippen LogP contribution in [-0.4, -0.2) is 162 Å². The molecule has 22 heteroatoms. The van der Waals surface area contributed by atoms with Crippen molar-refractivity contribution in [3.8, 4) is 29.0 Å². The molecule has 1 fully saturated rings. The summed E-state index contributed by atoms with van der Waals surface area (Å²) in [5.74, 6) is 0.493. The summed E-state index contributed by atoms with van der Waals surface area (Å²) in [6.45, 7) is 22.8. The number of amidine groups is 1. The van der Waals surface area contributed by atoms with E-state index in [1.165, 1.54) is 34.0 Å². The van der Waals surface area contributed by atoms with Gasteiger partial charge in [0, 0.05) is 80.3 Å². The van der Waals surface area contributed by atoms with Gasteiger partial charge in [0.2, 0.25) is 5.88 Å². The summed E-state index contributed by atoms with van der Waals surface area (Å²) in [6.07, 6.45) is 1.65. The van der Waals surface area contributed by atoms with Crippen LogP contribution in [-0.2, 0) is 53.3 Å². The quantitative estimate of drug-likeness (QED) is 0.0518. The molecule has 1 saturated heterocycles. The fourth-order valence-electron chi connectivity index (χ4n) is 11.6. The molecule has 2 bridgehead atoms. The van der Waals surface area contributed by atoms with Gasteiger partial charge >= 0.3 is 6.03 Å². The minimum Gasteiger partial charge on any atom is -0.493 e. The van der Waals surface area contributed by atoms with Crippen molar-refractivity contribution in [2.24, 2.45) is 4.99 Å². The predicted molar refractivity (Wildman–Crippen MR) is 342 cm³/mol. The predicted octanol–water partition coefficient (Wildman–Crippen LogP) is 11.5. The first-order valence-corrected chi connectivity index (χ1v) is 31.5. The van der Waals surface area contributed by atoms with Crippen LogP contribution in [0.3, 0.4) is 0 Å². The number of fused-ring (bicyclic) bond motifs is 5. The Morgan fingerprint density at radius 1 is 0.811 bits per heavy atom. The molecule has 2 aromatic heterocycles. The van der Waals surface area contributed by atoms with Crippen LogP contribution in [0.25, 0.3) is 11.3 Å². The number of urea groups is 1. The smallest absolute Gasteiger partial charge is 0.326 e. The van der Waals surface area contributed by atoms with Gasteiger partial charge in [-0.1, -0.05) is 74.3 Å². The minimum absolute atomic E-state index is 0.00236. The molecule has 6 aromatic rings. The first-order valence-electron chi connectivity index (χ1n) is 30.7. The monoisotopic (exact) mass is 1270 g/mol. The van der Waals surface area contributed by atoms with Crippen LogP contribution < -0.4 is 9.47 Å². The van der Waals surface area contributed by atoms with E-state index in [1.807, 2.05) is 71.3 Å². The number of aryl methyl sites for hydroxylation is 2. The number of benzene rings is 4. The average molecular weight is 1270 g/mol. The first-order chi connectivity index (χ1) is 43.1. The highest BCUT2D eigenvalue weighted by Gasteiger charge is 2.60. The molecule has 3 aliphatic heterocycles. The van der Waals surface area contributed by atoms with E-state index in [2.05, 4.69) is 62.7 Å². The molecule has 3 atom stereocenters. The molecule has 3 amide bonds. The van der Waals surface area contributed by atoms with E-state index in [1.54, 1.807) is 20.9 Å². The number of halogens is 3. The molecule has 0 aliphatic carbocycles. The molecule has 90 heavy (non-hydrogen) atoms. The number of Topliss-reactive ketones (excluding diaryl/α,β-unsaturated/α-hetero) is 1. The summed E-state index contributed by atoms with van der Waals surface area (Å²) >= 11 is 13.0. The molecule has 0 radical (unpaired) electrons. The highest BCUT2D eigenvalue weighted by molar-refractivity contribution is 6.30. The van der Waals surface area contributed by atoms with Crippen molar-refractivity contribution >= 4 is 46.8 Å². The van der Waals surface area contributed by atoms with Gasteiger partial charge in [-0.05, 0) is 118 Å². The molecular weight excluding hydrogens is 1190 g/mol. The lowest BCUT2D eigenvalue weighted by Crippen LogP contribution is -2.60. The number of carbonyl (C=O) groups excluding carboxylic acids is 3. The number of hydrogen-bond acceptors (Lipinski definition) is 15. The Morgan fingerprint density at radius 2 is 1.43 bits per heavy atom. The van der Waals surface area contributed by atoms with Crippen LogP contribution in [0.4, 0.5) is 9.18 Å². The van der Waals surface area contributed by atoms with Crippen molar-refractivity contribution in [2.45, 2.75) is 110 Å². The third-order valence-corrected chi connectivity index (χ3v) is 17.5. The Bertz CT molecular complexity index is 3590. The van der Waals surface area contributed by atoms with Crippen LogP contribution >= 0.6 is 23.2 Å². The second-order valence-electron chi connectivity index (χ2n) is 24.1. The molecule has 9 rings (SSSR count). The molecule has 0 spiro atoms. The second-order valence-corrected chi connectivity index (χ2v) is 25.0. The number of carbonyl (C=O) groups is 3. The zero-order valence-corrected chi connectivity index (χ0v) is 54.5. The number of nitriles is 1. The first kappa shape index (κ1) is 67.1. The number of aliphatic imine (C=N–C) groups is 1. The van der Waals surface area contributed by atoms with Gasteiger partial charge in [-0.25, -0.2) is 14.2 Å². The number of ether oxygens (including phenoxy) is 6. The number of hydrogen-bond donors (Lipinski definition) is 0. The molecule has 478 valence electrons. The molecule has 0 unspecified atom stereocenters. The Balaban J connectivity index is 0.683. The van der Waals surface area contributed by atoms with Gasteiger partial charge in [-0.3, -0.25) is 34.0 Å². The van der Waals surface area contributed by atoms with Gasteiger partial charge in [-0.15, -0.1) is 0 Å². The van der Waals surface area contributed by atoms with E-state index in [4.69, 9.17) is 66.7 Å². The summed E-state index contributed by atoms with van der Waals surface area (Å²) in [7, 11) is 1.61. The fraction of sp³-hybridized carbons (Fsp3) is 0.471. The molecule has 4 aromatic carbocycles. The minimum atomic E-state index is -1.03. The number of ketones is 1. The van der Waals surface area contributed by atoms with Gasteiger partial charge < -0.3 is 38.2 Å². The molecule has 19 nitrogen and oxygen atoms in total. The second kappa shape index (κ2) is 29.7. The van der Waals surface area contributed by atoms with E-state index < -0.39 is 23.0 Å². The topological polar surface area (TPSA) is 199 Å². The van der Waals surface area contributed by atoms with Crippen molar-refractivity contribution < 1.29 is 47.2 Å². The van der Waals surface area contributed by atoms with E-state index >= 15 is 4.79 Å². The van der Waals surface area contributed by atoms with Crippen LogP contribution in [0.2, 0.25) is 10.0 Å². The molecule has 0 saturated carbocycles. The summed E-state index contributed by atoms with van der Waals surface area (Å²) in [4.78, 5) is 64.5. The van der Waals surface area contributed by atoms with Crippen LogP contribution in [0, 0.1) is 24.1 Å². The zero-order chi connectivity index (χ0) is 64.3. The normalized spacial score (nSPS) is 18.7. The standard InChI is InChI=1S/C68H81Cl2FN10O9/c1-10-89-60-40-49(66(4,5)6)17-23-55(60)62-75-67(7,47-13-18-50(69)19-14-47)68(8,48-15-20-51(70)21-16-48)81(62)65(84)79-29-27-78(28-30-79)31-33-86-35-37-88-39-38-87-36-34-85-32-25-53(82)12-11-26-80-59(42-72)61-57-43-73-45(2)63(74-57)90-46(3)56-41-52(71)22-24-54(56)64(83)77(9)44-58(61)76-80/h13-24,40-41,43,46H,10-12,25-39,44H2,1-9H3/t46-,67-,68+/m1/s1. The molecular formula is C68H81Cl2FN10O9. The zero-order valence-electron chi connectivity index (χ0n) is 53.0. The van der Waals surface area contributed by atoms with Crippen molar-refractivity contribution in [2.75, 3.05) is 99.2 Å². The number of amides is 3. The van der Waals surface area contributed by atoms with Gasteiger partial charge in [0.05, 0.1) is 100 Å². The largest absolute Gasteiger partial charge is 0.493 e. The number of rotatable bonds is 24. The lowest BCUT2D eigenvalue weighted by Gasteiger charge is -2.47. The Kier molecular flexibility index (Phi) is 22.2. The summed E-state index contributed by atoms with van der Waals surface area (Å²) in [5, 5.41) is 16.4. The number of nitrogens with zero attached hydrogens (tertiary/aromatic N) is 10. The maximum absolute atomic E-state index is 15.5. The van der Waals surface area contributed by atoms with Crippen LogP contribution in [0.5, 0.6) is 11.6 Å². The maximum atomic E-state index is 15.5. The van der Waals surface area contributed by atoms with Crippen molar-refractivity contribution in [3.05, 3.63) is 157 Å². The van der Waals surface area contributed by atoms with Gasteiger partial charge in [-0.2, -0.15) is 10.4 Å². The van der Waals surface area contributed by atoms with Gasteiger partial charge in [0.1, 0.15) is 52.1 Å². The SMILES string of the molecule is CCOc1cc(C(C)(C)C)ccc1C1=N[C@](C)(c2ccc(Cl)cc2)[C@](C)(c2ccc(Cl)cc2)N1C(=O)N1CCN(CCOCCOCCOCCOCCC(=O)CCCn2nc3c(c2C#N)-c2cnc(C)c(n2)O[C@H](C)c2cc(F)ccc2C(=O)N(C)C3)CC1. The number of piperazine rings is 1. The van der Waals surface area contributed by atoms with E-state index in [0.717, 1.165) is 22.3 Å². The van der Waals surface area contributed by atoms with Crippen molar-refractivity contribution in [1.82, 2.24) is 39.3 Å². The van der Waals surface area contributed by atoms with Crippen LogP contribution in [0.15, 0.2) is 96.1 Å². The number of aromatic nitrogens is 4. The Morgan fingerprint density at radius 3 is 2.07 bits per heavy atom. The van der Waals surface area contributed by atoms with Crippen molar-refractivity contribution in [3.63, 3.8) is 0 Å². The Labute approximate surface area is 537 Å². The maximum Gasteiger partial charge on any atom is 0.326 e. The summed E-state index contributed by atoms with van der Waals surface area (Å²) < 4.78 is 51.6. The summed E-state index contributed by atoms with van der Waals surface area (Å²) in [5.41, 5.74) is 3.95. The van der Waals surface area contributed by atoms with E-state index in [9.17, 15) is 19.2 Å². The average Bonchev–Trinajstić information content (AvgIpc) is 1.53. The lowest BCUT2D eigenvalue weighted by molar-refractivity contribution is -0.120. The van der Waals surface area contributed by atoms with E-state index in [-0.39, 0.29) is 72.8 Å². The highest BCUT2D eigenvalue weighted by Crippen LogP contribution is 2.54. The van der Waals surface area contributed by atoms with Crippen molar-refractivity contribution in [1.29, 1.82) is 5.26 Å². The summed E-state index contributed by atoms with van der Waals surface area (Å²) in [6, 6.07) is 27.7. The fourth-order valence-corrected chi connectivity index (χ4v) is 11.9. The van der Waals surface area contributed by atoms with Crippen LogP contribution in [0.1, 0.15) is 129 Å². The van der Waals surface area contributed by atoms with Gasteiger partial charge in [0.15, 0.2) is 0 Å². The molecule has 5 heterocycles. The lowest BCUT2D eigenvalue weighted by atomic mass is 9.71.